The van der Waals surface area contributed by atoms with E-state index in [4.69, 9.17) is 9.47 Å². The zero-order valence-corrected chi connectivity index (χ0v) is 11.2. The second-order valence-electron chi connectivity index (χ2n) is 4.83. The van der Waals surface area contributed by atoms with Crippen molar-refractivity contribution in [1.82, 2.24) is 0 Å². The smallest absolute Gasteiger partial charge is 0.233 e. The first-order valence-corrected chi connectivity index (χ1v) is 6.61. The zero-order valence-electron chi connectivity index (χ0n) is 11.2. The summed E-state index contributed by atoms with van der Waals surface area (Å²) >= 11 is 0. The molecule has 110 valence electrons. The van der Waals surface area contributed by atoms with E-state index in [2.05, 4.69) is 10.6 Å². The van der Waals surface area contributed by atoms with Crippen molar-refractivity contribution < 1.29 is 23.9 Å². The molecule has 1 fully saturated rings. The normalized spacial score (nSPS) is 21.8. The lowest BCUT2D eigenvalue weighted by Crippen LogP contribution is -2.35. The van der Waals surface area contributed by atoms with Crippen molar-refractivity contribution in [1.29, 1.82) is 0 Å². The van der Waals surface area contributed by atoms with Gasteiger partial charge in [0.15, 0.2) is 5.78 Å². The fourth-order valence-electron chi connectivity index (χ4n) is 2.27. The number of hydrogen-bond acceptors (Lipinski definition) is 5. The van der Waals surface area contributed by atoms with Gasteiger partial charge in [-0.15, -0.1) is 0 Å². The van der Waals surface area contributed by atoms with Gasteiger partial charge in [-0.1, -0.05) is 0 Å². The Balaban J connectivity index is 1.86. The molecule has 3 rings (SSSR count). The number of rotatable bonds is 2. The lowest BCUT2D eigenvalue weighted by molar-refractivity contribution is -0.123. The number of ether oxygens (including phenoxy) is 2. The van der Waals surface area contributed by atoms with Crippen LogP contribution in [0.25, 0.3) is 0 Å². The van der Waals surface area contributed by atoms with Gasteiger partial charge in [0.1, 0.15) is 12.5 Å². The van der Waals surface area contributed by atoms with Gasteiger partial charge in [0.2, 0.25) is 11.8 Å². The molecular formula is C14H14N2O5. The van der Waals surface area contributed by atoms with Crippen LogP contribution in [0.3, 0.4) is 0 Å². The van der Waals surface area contributed by atoms with Crippen LogP contribution in [0.15, 0.2) is 18.2 Å². The first-order valence-electron chi connectivity index (χ1n) is 6.61. The lowest BCUT2D eigenvalue weighted by Gasteiger charge is -2.22. The Morgan fingerprint density at radius 2 is 1.86 bits per heavy atom. The van der Waals surface area contributed by atoms with Crippen LogP contribution in [-0.4, -0.2) is 43.5 Å². The van der Waals surface area contributed by atoms with Gasteiger partial charge in [-0.2, -0.15) is 0 Å². The van der Waals surface area contributed by atoms with E-state index in [1.165, 1.54) is 0 Å². The van der Waals surface area contributed by atoms with Crippen molar-refractivity contribution in [3.05, 3.63) is 23.8 Å². The van der Waals surface area contributed by atoms with Gasteiger partial charge < -0.3 is 20.1 Å². The minimum absolute atomic E-state index is 0.206. The highest BCUT2D eigenvalue weighted by Gasteiger charge is 2.25. The SMILES string of the molecule is O=C1CC(=O)Nc2cc(C(=O)C3COCCO3)ccc2N1. The van der Waals surface area contributed by atoms with E-state index in [0.717, 1.165) is 0 Å². The molecule has 1 aromatic carbocycles. The topological polar surface area (TPSA) is 93.7 Å². The quantitative estimate of drug-likeness (QED) is 0.613. The molecule has 2 heterocycles. The minimum Gasteiger partial charge on any atom is -0.376 e. The summed E-state index contributed by atoms with van der Waals surface area (Å²) < 4.78 is 10.6. The molecule has 1 aromatic rings. The molecule has 0 spiro atoms. The molecule has 0 aliphatic carbocycles. The average molecular weight is 290 g/mol. The molecule has 7 nitrogen and oxygen atoms in total. The summed E-state index contributed by atoms with van der Waals surface area (Å²) in [5.74, 6) is -0.996. The minimum atomic E-state index is -0.632. The van der Waals surface area contributed by atoms with E-state index in [9.17, 15) is 14.4 Å². The number of amides is 2. The summed E-state index contributed by atoms with van der Waals surface area (Å²) in [4.78, 5) is 35.3. The van der Waals surface area contributed by atoms with Gasteiger partial charge in [-0.25, -0.2) is 0 Å². The summed E-state index contributed by atoms with van der Waals surface area (Å²) in [6, 6.07) is 4.73. The molecule has 2 amide bonds. The van der Waals surface area contributed by atoms with Crippen LogP contribution < -0.4 is 10.6 Å². The maximum atomic E-state index is 12.3. The Hall–Kier alpha value is -2.25. The van der Waals surface area contributed by atoms with Gasteiger partial charge in [0.25, 0.3) is 0 Å². The standard InChI is InChI=1S/C14H14N2O5/c17-12-6-13(18)16-10-5-8(1-2-9(10)15-12)14(19)11-7-20-3-4-21-11/h1-2,5,11H,3-4,6-7H2,(H,15,17)(H,16,18). The molecule has 0 radical (unpaired) electrons. The van der Waals surface area contributed by atoms with Crippen LogP contribution in [0, 0.1) is 0 Å². The number of Topliss-reactive ketones (excluding diaryl/α,β-unsaturated/α-hetero) is 1. The molecule has 2 N–H and O–H groups in total. The molecule has 0 bridgehead atoms. The van der Waals surface area contributed by atoms with E-state index in [1.54, 1.807) is 18.2 Å². The largest absolute Gasteiger partial charge is 0.376 e. The number of nitrogens with one attached hydrogen (secondary N) is 2. The number of anilines is 2. The van der Waals surface area contributed by atoms with Crippen molar-refractivity contribution in [2.75, 3.05) is 30.5 Å². The predicted molar refractivity (Wildman–Crippen MR) is 73.2 cm³/mol. The summed E-state index contributed by atoms with van der Waals surface area (Å²) in [5.41, 5.74) is 1.29. The van der Waals surface area contributed by atoms with Gasteiger partial charge in [-0.05, 0) is 18.2 Å². The van der Waals surface area contributed by atoms with E-state index in [1.807, 2.05) is 0 Å². The molecule has 1 unspecified atom stereocenters. The van der Waals surface area contributed by atoms with Crippen molar-refractivity contribution in [2.24, 2.45) is 0 Å². The molecule has 1 atom stereocenters. The van der Waals surface area contributed by atoms with Crippen LogP contribution in [0.5, 0.6) is 0 Å². The summed E-state index contributed by atoms with van der Waals surface area (Å²) in [6.07, 6.45) is -0.870. The molecule has 7 heteroatoms. The van der Waals surface area contributed by atoms with E-state index in [-0.39, 0.29) is 24.7 Å². The molecule has 2 aliphatic heterocycles. The number of carbonyl (C=O) groups excluding carboxylic acids is 3. The monoisotopic (exact) mass is 290 g/mol. The molecule has 0 aromatic heterocycles. The lowest BCUT2D eigenvalue weighted by atomic mass is 10.0. The number of benzene rings is 1. The highest BCUT2D eigenvalue weighted by atomic mass is 16.6. The summed E-state index contributed by atoms with van der Waals surface area (Å²) in [6.45, 7) is 1.09. The third-order valence-corrected chi connectivity index (χ3v) is 3.28. The zero-order chi connectivity index (χ0) is 14.8. The number of hydrogen-bond donors (Lipinski definition) is 2. The number of fused-ring (bicyclic) bond motifs is 1. The van der Waals surface area contributed by atoms with Crippen LogP contribution in [0.2, 0.25) is 0 Å². The van der Waals surface area contributed by atoms with Gasteiger partial charge in [-0.3, -0.25) is 14.4 Å². The molecule has 2 aliphatic rings. The third-order valence-electron chi connectivity index (χ3n) is 3.28. The van der Waals surface area contributed by atoms with Gasteiger partial charge in [0.05, 0.1) is 31.2 Å². The predicted octanol–water partition coefficient (Wildman–Crippen LogP) is 0.565. The highest BCUT2D eigenvalue weighted by molar-refractivity contribution is 6.14. The fourth-order valence-corrected chi connectivity index (χ4v) is 2.27. The van der Waals surface area contributed by atoms with E-state index < -0.39 is 12.0 Å². The van der Waals surface area contributed by atoms with Gasteiger partial charge >= 0.3 is 0 Å². The fraction of sp³-hybridized carbons (Fsp3) is 0.357. The Morgan fingerprint density at radius 1 is 1.10 bits per heavy atom. The van der Waals surface area contributed by atoms with Crippen LogP contribution in [0.4, 0.5) is 11.4 Å². The van der Waals surface area contributed by atoms with Crippen molar-refractivity contribution in [3.8, 4) is 0 Å². The molecule has 21 heavy (non-hydrogen) atoms. The second-order valence-corrected chi connectivity index (χ2v) is 4.83. The van der Waals surface area contributed by atoms with Crippen molar-refractivity contribution in [3.63, 3.8) is 0 Å². The summed E-state index contributed by atoms with van der Waals surface area (Å²) in [5, 5.41) is 5.21. The number of ketones is 1. The van der Waals surface area contributed by atoms with Crippen molar-refractivity contribution in [2.45, 2.75) is 12.5 Å². The third kappa shape index (κ3) is 2.93. The maximum Gasteiger partial charge on any atom is 0.233 e. The molecular weight excluding hydrogens is 276 g/mol. The van der Waals surface area contributed by atoms with E-state index >= 15 is 0 Å². The first-order chi connectivity index (χ1) is 10.1. The van der Waals surface area contributed by atoms with Crippen LogP contribution in [-0.2, 0) is 19.1 Å². The molecule has 0 saturated carbocycles. The molecule has 1 saturated heterocycles. The Labute approximate surface area is 120 Å². The summed E-state index contributed by atoms with van der Waals surface area (Å²) in [7, 11) is 0. The second kappa shape index (κ2) is 5.63. The highest BCUT2D eigenvalue weighted by Crippen LogP contribution is 2.26. The first kappa shape index (κ1) is 13.7. The van der Waals surface area contributed by atoms with E-state index in [0.29, 0.717) is 30.2 Å². The van der Waals surface area contributed by atoms with Crippen molar-refractivity contribution >= 4 is 29.0 Å². The Kier molecular flexibility index (Phi) is 3.68. The Morgan fingerprint density at radius 3 is 2.57 bits per heavy atom. The van der Waals surface area contributed by atoms with Gasteiger partial charge in [0, 0.05) is 5.56 Å². The Bertz CT molecular complexity index is 607. The average Bonchev–Trinajstić information content (AvgIpc) is 2.63. The van der Waals surface area contributed by atoms with Crippen LogP contribution >= 0.6 is 0 Å². The number of carbonyl (C=O) groups is 3. The maximum absolute atomic E-state index is 12.3. The van der Waals surface area contributed by atoms with Crippen LogP contribution in [0.1, 0.15) is 16.8 Å².